The molecule has 1 saturated carbocycles. The van der Waals surface area contributed by atoms with E-state index in [1.807, 2.05) is 30.0 Å². The Balaban J connectivity index is 1.68. The second-order valence-corrected chi connectivity index (χ2v) is 5.93. The van der Waals surface area contributed by atoms with Crippen molar-refractivity contribution in [2.75, 3.05) is 13.2 Å². The third-order valence-corrected chi connectivity index (χ3v) is 4.43. The Morgan fingerprint density at radius 2 is 2.19 bits per heavy atom. The van der Waals surface area contributed by atoms with Gasteiger partial charge >= 0.3 is 0 Å². The van der Waals surface area contributed by atoms with Gasteiger partial charge in [-0.05, 0) is 56.2 Å². The molecule has 2 aliphatic carbocycles. The lowest BCUT2D eigenvalue weighted by Gasteiger charge is -2.24. The third kappa shape index (κ3) is 3.05. The molecule has 114 valence electrons. The quantitative estimate of drug-likeness (QED) is 0.906. The number of nitrogens with zero attached hydrogens (tertiary/aromatic N) is 1. The summed E-state index contributed by atoms with van der Waals surface area (Å²) in [5.41, 5.74) is 2.03. The Kier molecular flexibility index (Phi) is 4.15. The molecule has 0 saturated heterocycles. The summed E-state index contributed by atoms with van der Waals surface area (Å²) < 4.78 is 5.77. The molecule has 1 unspecified atom stereocenters. The summed E-state index contributed by atoms with van der Waals surface area (Å²) in [5, 5.41) is 10.0. The lowest BCUT2D eigenvalue weighted by atomic mass is 9.89. The molecule has 1 fully saturated rings. The molecule has 1 aromatic rings. The average molecular weight is 289 g/mol. The second kappa shape index (κ2) is 6.06. The monoisotopic (exact) mass is 289 g/mol. The van der Waals surface area contributed by atoms with Gasteiger partial charge in [0.2, 0.25) is 0 Å². The first-order chi connectivity index (χ1) is 10.2. The Hall–Kier alpha value is -1.55. The van der Waals surface area contributed by atoms with Crippen LogP contribution in [0.4, 0.5) is 0 Å². The number of carbonyl (C=O) groups is 1. The van der Waals surface area contributed by atoms with Crippen molar-refractivity contribution in [3.8, 4) is 5.75 Å². The number of benzene rings is 1. The molecule has 2 aliphatic rings. The minimum Gasteiger partial charge on any atom is -0.483 e. The number of carbonyl (C=O) groups excluding carboxylic acids is 1. The highest BCUT2D eigenvalue weighted by atomic mass is 16.5. The van der Waals surface area contributed by atoms with Gasteiger partial charge in [0, 0.05) is 12.6 Å². The largest absolute Gasteiger partial charge is 0.483 e. The predicted molar refractivity (Wildman–Crippen MR) is 80.2 cm³/mol. The van der Waals surface area contributed by atoms with Crippen LogP contribution < -0.4 is 4.74 Å². The number of fused-ring (bicyclic) bond motifs is 1. The molecule has 0 radical (unpaired) electrons. The van der Waals surface area contributed by atoms with Crippen molar-refractivity contribution >= 4 is 5.91 Å². The summed E-state index contributed by atoms with van der Waals surface area (Å²) in [4.78, 5) is 14.1. The normalized spacial score (nSPS) is 20.8. The molecular formula is C17H23NO3. The molecule has 3 rings (SSSR count). The van der Waals surface area contributed by atoms with Crippen LogP contribution in [0.2, 0.25) is 0 Å². The fourth-order valence-electron chi connectivity index (χ4n) is 3.17. The van der Waals surface area contributed by atoms with Crippen LogP contribution in [0.1, 0.15) is 49.8 Å². The lowest BCUT2D eigenvalue weighted by molar-refractivity contribution is -0.133. The predicted octanol–water partition coefficient (Wildman–Crippen LogP) is 2.45. The number of likely N-dealkylation sites (N-methyl/N-ethyl adjacent to an activating group) is 1. The SMILES string of the molecule is CCN(C(=O)COc1cccc2c1CCCC2O)C1CC1. The molecule has 1 amide bonds. The van der Waals surface area contributed by atoms with Gasteiger partial charge < -0.3 is 14.7 Å². The second-order valence-electron chi connectivity index (χ2n) is 5.93. The zero-order valence-electron chi connectivity index (χ0n) is 12.5. The van der Waals surface area contributed by atoms with Gasteiger partial charge in [-0.15, -0.1) is 0 Å². The number of aliphatic hydroxyl groups excluding tert-OH is 1. The first-order valence-corrected chi connectivity index (χ1v) is 7.92. The Bertz CT molecular complexity index is 525. The molecule has 21 heavy (non-hydrogen) atoms. The Morgan fingerprint density at radius 1 is 1.38 bits per heavy atom. The van der Waals surface area contributed by atoms with Crippen LogP contribution in [0.3, 0.4) is 0 Å². The molecule has 0 aliphatic heterocycles. The number of hydrogen-bond donors (Lipinski definition) is 1. The standard InChI is InChI=1S/C17H23NO3/c1-2-18(12-9-10-12)17(20)11-21-16-8-4-5-13-14(16)6-3-7-15(13)19/h4-5,8,12,15,19H,2-3,6-7,9-11H2,1H3. The maximum Gasteiger partial charge on any atom is 0.260 e. The van der Waals surface area contributed by atoms with E-state index in [9.17, 15) is 9.90 Å². The van der Waals surface area contributed by atoms with Gasteiger partial charge in [-0.25, -0.2) is 0 Å². The van der Waals surface area contributed by atoms with Gasteiger partial charge in [0.05, 0.1) is 6.10 Å². The van der Waals surface area contributed by atoms with Crippen LogP contribution in [-0.2, 0) is 11.2 Å². The summed E-state index contributed by atoms with van der Waals surface area (Å²) in [6, 6.07) is 6.18. The average Bonchev–Trinajstić information content (AvgIpc) is 3.31. The smallest absolute Gasteiger partial charge is 0.260 e. The molecular weight excluding hydrogens is 266 g/mol. The van der Waals surface area contributed by atoms with Crippen molar-refractivity contribution in [1.29, 1.82) is 0 Å². The van der Waals surface area contributed by atoms with E-state index in [2.05, 4.69) is 0 Å². The van der Waals surface area contributed by atoms with Crippen LogP contribution in [-0.4, -0.2) is 35.1 Å². The molecule has 0 heterocycles. The number of amides is 1. The minimum atomic E-state index is -0.397. The summed E-state index contributed by atoms with van der Waals surface area (Å²) >= 11 is 0. The van der Waals surface area contributed by atoms with Crippen LogP contribution in [0.5, 0.6) is 5.75 Å². The van der Waals surface area contributed by atoms with Crippen molar-refractivity contribution in [3.05, 3.63) is 29.3 Å². The molecule has 0 aromatic heterocycles. The number of aliphatic hydroxyl groups is 1. The molecule has 1 atom stereocenters. The van der Waals surface area contributed by atoms with Crippen molar-refractivity contribution in [2.24, 2.45) is 0 Å². The highest BCUT2D eigenvalue weighted by molar-refractivity contribution is 5.78. The number of ether oxygens (including phenoxy) is 1. The van der Waals surface area contributed by atoms with E-state index in [1.54, 1.807) is 0 Å². The van der Waals surface area contributed by atoms with Gasteiger partial charge in [-0.2, -0.15) is 0 Å². The highest BCUT2D eigenvalue weighted by Crippen LogP contribution is 2.35. The fourth-order valence-corrected chi connectivity index (χ4v) is 3.17. The molecule has 4 heteroatoms. The molecule has 4 nitrogen and oxygen atoms in total. The van der Waals surface area contributed by atoms with E-state index in [4.69, 9.17) is 4.74 Å². The van der Waals surface area contributed by atoms with E-state index in [0.717, 1.165) is 55.5 Å². The van der Waals surface area contributed by atoms with Gasteiger partial charge in [0.25, 0.3) is 5.91 Å². The lowest BCUT2D eigenvalue weighted by Crippen LogP contribution is -2.36. The van der Waals surface area contributed by atoms with Gasteiger partial charge in [-0.3, -0.25) is 4.79 Å². The maximum atomic E-state index is 12.2. The summed E-state index contributed by atoms with van der Waals surface area (Å²) in [7, 11) is 0. The maximum absolute atomic E-state index is 12.2. The summed E-state index contributed by atoms with van der Waals surface area (Å²) in [6.07, 6.45) is 4.52. The first kappa shape index (κ1) is 14.4. The third-order valence-electron chi connectivity index (χ3n) is 4.43. The Morgan fingerprint density at radius 3 is 2.90 bits per heavy atom. The minimum absolute atomic E-state index is 0.0639. The van der Waals surface area contributed by atoms with Crippen molar-refractivity contribution in [2.45, 2.75) is 51.2 Å². The van der Waals surface area contributed by atoms with Gasteiger partial charge in [-0.1, -0.05) is 12.1 Å². The van der Waals surface area contributed by atoms with Crippen molar-refractivity contribution in [1.82, 2.24) is 4.90 Å². The first-order valence-electron chi connectivity index (χ1n) is 7.92. The Labute approximate surface area is 125 Å². The van der Waals surface area contributed by atoms with Crippen LogP contribution in [0, 0.1) is 0 Å². The highest BCUT2D eigenvalue weighted by Gasteiger charge is 2.31. The van der Waals surface area contributed by atoms with Gasteiger partial charge in [0.15, 0.2) is 6.61 Å². The van der Waals surface area contributed by atoms with Crippen molar-refractivity contribution in [3.63, 3.8) is 0 Å². The van der Waals surface area contributed by atoms with E-state index < -0.39 is 6.10 Å². The van der Waals surface area contributed by atoms with Crippen LogP contribution >= 0.6 is 0 Å². The molecule has 1 N–H and O–H groups in total. The summed E-state index contributed by atoms with van der Waals surface area (Å²) in [5.74, 6) is 0.820. The topological polar surface area (TPSA) is 49.8 Å². The van der Waals surface area contributed by atoms with Crippen LogP contribution in [0.15, 0.2) is 18.2 Å². The number of rotatable bonds is 5. The van der Waals surface area contributed by atoms with Gasteiger partial charge in [0.1, 0.15) is 5.75 Å². The molecule has 1 aromatic carbocycles. The zero-order chi connectivity index (χ0) is 14.8. The van der Waals surface area contributed by atoms with E-state index in [0.29, 0.717) is 6.04 Å². The van der Waals surface area contributed by atoms with Crippen molar-refractivity contribution < 1.29 is 14.6 Å². The molecule has 0 spiro atoms. The van der Waals surface area contributed by atoms with E-state index in [1.165, 1.54) is 0 Å². The van der Waals surface area contributed by atoms with E-state index in [-0.39, 0.29) is 12.5 Å². The fraction of sp³-hybridized carbons (Fsp3) is 0.588. The summed E-state index contributed by atoms with van der Waals surface area (Å²) in [6.45, 7) is 2.85. The zero-order valence-corrected chi connectivity index (χ0v) is 12.5. The number of hydrogen-bond acceptors (Lipinski definition) is 3. The van der Waals surface area contributed by atoms with Crippen LogP contribution in [0.25, 0.3) is 0 Å². The van der Waals surface area contributed by atoms with E-state index >= 15 is 0 Å². The molecule has 0 bridgehead atoms.